The Balaban J connectivity index is 4.00. The van der Waals surface area contributed by atoms with Gasteiger partial charge in [0, 0.05) is 19.4 Å². The second-order valence-corrected chi connectivity index (χ2v) is 20.2. The summed E-state index contributed by atoms with van der Waals surface area (Å²) >= 11 is 0. The molecule has 9 nitrogen and oxygen atoms in total. The topological polar surface area (TPSA) is 134 Å². The number of ether oxygens (including phenoxy) is 2. The SMILES string of the molecule is CC/C=C\C/C=C\C/C=C\C/C=C\C/C=C\C/C=C\C/C=C\CCCCCCCCCCCCCC(=O)OC(COC(=O)CCCCCCCCC/C=C\C/C=C\CCCCCC)COP(=O)(O)OCCN. The van der Waals surface area contributed by atoms with Crippen molar-refractivity contribution < 1.29 is 37.6 Å². The summed E-state index contributed by atoms with van der Waals surface area (Å²) in [6.07, 6.45) is 77.1. The molecule has 0 bridgehead atoms. The van der Waals surface area contributed by atoms with Gasteiger partial charge in [-0.15, -0.1) is 0 Å². The van der Waals surface area contributed by atoms with Gasteiger partial charge in [-0.05, 0) is 103 Å². The Morgan fingerprint density at radius 3 is 1.14 bits per heavy atom. The highest BCUT2D eigenvalue weighted by atomic mass is 31.2. The lowest BCUT2D eigenvalue weighted by Gasteiger charge is -2.19. The second-order valence-electron chi connectivity index (χ2n) is 18.8. The summed E-state index contributed by atoms with van der Waals surface area (Å²) < 4.78 is 33.0. The average Bonchev–Trinajstić information content (AvgIpc) is 3.37. The molecule has 0 spiro atoms. The molecule has 72 heavy (non-hydrogen) atoms. The number of esters is 2. The van der Waals surface area contributed by atoms with E-state index in [1.165, 1.54) is 96.3 Å². The number of carbonyl (C=O) groups is 2. The van der Waals surface area contributed by atoms with E-state index in [0.717, 1.165) is 109 Å². The van der Waals surface area contributed by atoms with E-state index in [1.54, 1.807) is 0 Å². The van der Waals surface area contributed by atoms with Crippen molar-refractivity contribution >= 4 is 19.8 Å². The summed E-state index contributed by atoms with van der Waals surface area (Å²) in [6.45, 7) is 3.60. The quantitative estimate of drug-likeness (QED) is 0.0264. The summed E-state index contributed by atoms with van der Waals surface area (Å²) in [6, 6.07) is 0. The molecule has 0 aromatic heterocycles. The molecule has 0 fully saturated rings. The monoisotopic (exact) mass is 1020 g/mol. The van der Waals surface area contributed by atoms with Crippen LogP contribution in [-0.4, -0.2) is 49.3 Å². The standard InChI is InChI=1S/C62H106NO8P/c1-3-5-7-9-11-13-15-17-19-21-23-24-25-26-27-28-29-30-31-32-33-34-35-36-37-39-41-43-45-47-49-51-53-55-62(65)71-60(59-70-72(66,67)69-57-56-63)58-68-61(64)54-52-50-48-46-44-42-40-38-22-20-18-16-14-12-10-8-6-4-2/h5,7,11,13-14,16-17,19-20,22-24,26-27,29-30,32-33,60H,3-4,6,8-10,12,15,18,21,25,28,31,34-59,63H2,1-2H3,(H,66,67)/b7-5-,13-11-,16-14-,19-17-,22-20-,24-23-,27-26-,30-29-,33-32-. The van der Waals surface area contributed by atoms with Crippen molar-refractivity contribution in [2.75, 3.05) is 26.4 Å². The Labute approximate surface area is 441 Å². The Morgan fingerprint density at radius 1 is 0.431 bits per heavy atom. The lowest BCUT2D eigenvalue weighted by Crippen LogP contribution is -2.29. The molecule has 0 saturated heterocycles. The predicted octanol–water partition coefficient (Wildman–Crippen LogP) is 18.2. The third kappa shape index (κ3) is 56.0. The molecule has 0 aromatic carbocycles. The zero-order valence-electron chi connectivity index (χ0n) is 45.9. The zero-order valence-corrected chi connectivity index (χ0v) is 46.8. The summed E-state index contributed by atoms with van der Waals surface area (Å²) in [4.78, 5) is 35.2. The molecule has 0 radical (unpaired) electrons. The van der Waals surface area contributed by atoms with Crippen LogP contribution >= 0.6 is 7.82 Å². The Bertz CT molecular complexity index is 1540. The van der Waals surface area contributed by atoms with E-state index >= 15 is 0 Å². The zero-order chi connectivity index (χ0) is 52.4. The van der Waals surface area contributed by atoms with Gasteiger partial charge in [-0.25, -0.2) is 4.57 Å². The van der Waals surface area contributed by atoms with Crippen molar-refractivity contribution in [3.05, 3.63) is 109 Å². The Kier molecular flexibility index (Phi) is 54.3. The molecule has 10 heteroatoms. The first-order chi connectivity index (χ1) is 35.3. The van der Waals surface area contributed by atoms with Crippen molar-refractivity contribution in [2.24, 2.45) is 5.73 Å². The predicted molar refractivity (Wildman–Crippen MR) is 307 cm³/mol. The van der Waals surface area contributed by atoms with Crippen LogP contribution in [-0.2, 0) is 32.7 Å². The van der Waals surface area contributed by atoms with Gasteiger partial charge >= 0.3 is 19.8 Å². The minimum absolute atomic E-state index is 0.0471. The van der Waals surface area contributed by atoms with Crippen LogP contribution in [0.3, 0.4) is 0 Å². The smallest absolute Gasteiger partial charge is 0.462 e. The number of phosphoric acid groups is 1. The first-order valence-electron chi connectivity index (χ1n) is 28.9. The van der Waals surface area contributed by atoms with Gasteiger partial charge in [-0.1, -0.05) is 232 Å². The summed E-state index contributed by atoms with van der Waals surface area (Å²) in [5, 5.41) is 0. The van der Waals surface area contributed by atoms with Gasteiger partial charge in [0.05, 0.1) is 13.2 Å². The van der Waals surface area contributed by atoms with Crippen LogP contribution in [0.4, 0.5) is 0 Å². The van der Waals surface area contributed by atoms with Gasteiger partial charge in [-0.3, -0.25) is 18.6 Å². The maximum atomic E-state index is 12.7. The van der Waals surface area contributed by atoms with E-state index in [9.17, 15) is 19.0 Å². The summed E-state index contributed by atoms with van der Waals surface area (Å²) in [5.41, 5.74) is 5.38. The lowest BCUT2D eigenvalue weighted by atomic mass is 10.0. The molecule has 0 aliphatic carbocycles. The van der Waals surface area contributed by atoms with Crippen molar-refractivity contribution in [3.63, 3.8) is 0 Å². The number of hydrogen-bond donors (Lipinski definition) is 2. The number of allylic oxidation sites excluding steroid dienone is 18. The van der Waals surface area contributed by atoms with Crippen molar-refractivity contribution in [2.45, 2.75) is 245 Å². The van der Waals surface area contributed by atoms with Gasteiger partial charge in [0.2, 0.25) is 0 Å². The van der Waals surface area contributed by atoms with Gasteiger partial charge in [0.1, 0.15) is 6.61 Å². The van der Waals surface area contributed by atoms with Crippen LogP contribution in [0, 0.1) is 0 Å². The van der Waals surface area contributed by atoms with Crippen molar-refractivity contribution in [3.8, 4) is 0 Å². The Hall–Kier alpha value is -3.33. The first kappa shape index (κ1) is 68.7. The van der Waals surface area contributed by atoms with Crippen molar-refractivity contribution in [1.29, 1.82) is 0 Å². The first-order valence-corrected chi connectivity index (χ1v) is 30.4. The maximum Gasteiger partial charge on any atom is 0.472 e. The van der Waals surface area contributed by atoms with Crippen molar-refractivity contribution in [1.82, 2.24) is 0 Å². The number of phosphoric ester groups is 1. The minimum atomic E-state index is -4.40. The van der Waals surface area contributed by atoms with E-state index in [1.807, 2.05) is 0 Å². The number of rotatable bonds is 53. The highest BCUT2D eigenvalue weighted by Crippen LogP contribution is 2.43. The van der Waals surface area contributed by atoms with E-state index in [0.29, 0.717) is 6.42 Å². The lowest BCUT2D eigenvalue weighted by molar-refractivity contribution is -0.161. The van der Waals surface area contributed by atoms with Gasteiger partial charge in [-0.2, -0.15) is 0 Å². The molecule has 0 aliphatic heterocycles. The molecule has 0 heterocycles. The molecule has 0 aliphatic rings. The van der Waals surface area contributed by atoms with E-state index < -0.39 is 32.5 Å². The molecule has 2 atom stereocenters. The fraction of sp³-hybridized carbons (Fsp3) is 0.677. The minimum Gasteiger partial charge on any atom is -0.462 e. The van der Waals surface area contributed by atoms with Crippen LogP contribution in [0.1, 0.15) is 239 Å². The fourth-order valence-corrected chi connectivity index (χ4v) is 8.41. The van der Waals surface area contributed by atoms with Crippen LogP contribution in [0.25, 0.3) is 0 Å². The molecule has 0 aromatic rings. The summed E-state index contributed by atoms with van der Waals surface area (Å²) in [5.74, 6) is -0.843. The van der Waals surface area contributed by atoms with E-state index in [2.05, 4.69) is 123 Å². The maximum absolute atomic E-state index is 12.7. The molecule has 0 rings (SSSR count). The average molecular weight is 1020 g/mol. The van der Waals surface area contributed by atoms with E-state index in [-0.39, 0.29) is 32.6 Å². The second kappa shape index (κ2) is 57.0. The third-order valence-corrected chi connectivity index (χ3v) is 12.9. The van der Waals surface area contributed by atoms with Gasteiger partial charge in [0.15, 0.2) is 6.10 Å². The number of unbranched alkanes of at least 4 members (excludes halogenated alkanes) is 22. The fourth-order valence-electron chi connectivity index (χ4n) is 7.65. The van der Waals surface area contributed by atoms with Gasteiger partial charge < -0.3 is 20.1 Å². The van der Waals surface area contributed by atoms with E-state index in [4.69, 9.17) is 24.3 Å². The molecular weight excluding hydrogens is 918 g/mol. The third-order valence-electron chi connectivity index (χ3n) is 11.9. The molecule has 0 amide bonds. The van der Waals surface area contributed by atoms with Crippen LogP contribution in [0.2, 0.25) is 0 Å². The van der Waals surface area contributed by atoms with Crippen LogP contribution in [0.5, 0.6) is 0 Å². The normalized spacial score (nSPS) is 13.9. The molecule has 412 valence electrons. The molecular formula is C62H106NO8P. The summed E-state index contributed by atoms with van der Waals surface area (Å²) in [7, 11) is -4.40. The van der Waals surface area contributed by atoms with Crippen LogP contribution < -0.4 is 5.73 Å². The molecule has 3 N–H and O–H groups in total. The highest BCUT2D eigenvalue weighted by Gasteiger charge is 2.26. The Morgan fingerprint density at radius 2 is 0.764 bits per heavy atom. The molecule has 0 saturated carbocycles. The number of hydrogen-bond acceptors (Lipinski definition) is 8. The number of nitrogens with two attached hydrogens (primary N) is 1. The largest absolute Gasteiger partial charge is 0.472 e. The van der Waals surface area contributed by atoms with Gasteiger partial charge in [0.25, 0.3) is 0 Å². The highest BCUT2D eigenvalue weighted by molar-refractivity contribution is 7.47. The number of carbonyl (C=O) groups excluding carboxylic acids is 2. The van der Waals surface area contributed by atoms with Crippen LogP contribution in [0.15, 0.2) is 109 Å². The molecule has 2 unspecified atom stereocenters.